The van der Waals surface area contributed by atoms with Crippen LogP contribution in [0.2, 0.25) is 0 Å². The zero-order chi connectivity index (χ0) is 23.8. The Balaban J connectivity index is 1.49. The molecule has 7 heteroatoms. The van der Waals surface area contributed by atoms with Crippen molar-refractivity contribution in [3.63, 3.8) is 0 Å². The molecule has 1 N–H and O–H groups in total. The summed E-state index contributed by atoms with van der Waals surface area (Å²) < 4.78 is 0. The highest BCUT2D eigenvalue weighted by Crippen LogP contribution is 2.41. The van der Waals surface area contributed by atoms with Crippen LogP contribution in [-0.2, 0) is 11.8 Å². The van der Waals surface area contributed by atoms with Gasteiger partial charge < -0.3 is 10.2 Å². The van der Waals surface area contributed by atoms with Crippen LogP contribution in [0.5, 0.6) is 0 Å². The molecule has 172 valence electrons. The Kier molecular flexibility index (Phi) is 5.61. The van der Waals surface area contributed by atoms with Crippen molar-refractivity contribution in [3.05, 3.63) is 77.9 Å². The van der Waals surface area contributed by atoms with Gasteiger partial charge in [0.15, 0.2) is 0 Å². The number of nitrogens with zero attached hydrogens (tertiary/aromatic N) is 5. The Morgan fingerprint density at radius 2 is 1.74 bits per heavy atom. The highest BCUT2D eigenvalue weighted by molar-refractivity contribution is 5.94. The third kappa shape index (κ3) is 4.17. The Hall–Kier alpha value is -4.00. The number of anilines is 2. The number of hydrogen-bond donors (Lipinski definition) is 1. The van der Waals surface area contributed by atoms with E-state index in [-0.39, 0.29) is 18.0 Å². The summed E-state index contributed by atoms with van der Waals surface area (Å²) in [4.78, 5) is 15.9. The third-order valence-electron chi connectivity index (χ3n) is 6.36. The molecule has 1 amide bonds. The first-order valence-electron chi connectivity index (χ1n) is 11.5. The van der Waals surface area contributed by atoms with Gasteiger partial charge in [-0.25, -0.2) is 0 Å². The summed E-state index contributed by atoms with van der Waals surface area (Å²) in [5.74, 6) is 0.668. The second-order valence-electron chi connectivity index (χ2n) is 8.99. The Bertz CT molecular complexity index is 1340. The highest BCUT2D eigenvalue weighted by atomic mass is 16.2. The van der Waals surface area contributed by atoms with Crippen LogP contribution in [-0.4, -0.2) is 32.2 Å². The van der Waals surface area contributed by atoms with Crippen molar-refractivity contribution >= 4 is 17.3 Å². The third-order valence-corrected chi connectivity index (χ3v) is 6.36. The van der Waals surface area contributed by atoms with Gasteiger partial charge in [-0.1, -0.05) is 35.9 Å². The molecule has 0 aliphatic carbocycles. The van der Waals surface area contributed by atoms with E-state index >= 15 is 0 Å². The fourth-order valence-electron chi connectivity index (χ4n) is 4.80. The molecule has 2 heterocycles. The number of aromatic nitrogens is 4. The van der Waals surface area contributed by atoms with Crippen LogP contribution in [0.25, 0.3) is 22.5 Å². The van der Waals surface area contributed by atoms with Crippen molar-refractivity contribution < 1.29 is 4.79 Å². The van der Waals surface area contributed by atoms with E-state index in [9.17, 15) is 4.79 Å². The molecule has 0 spiro atoms. The number of carbonyl (C=O) groups is 1. The Labute approximate surface area is 199 Å². The van der Waals surface area contributed by atoms with Gasteiger partial charge >= 0.3 is 0 Å². The van der Waals surface area contributed by atoms with Gasteiger partial charge in [-0.15, -0.1) is 10.2 Å². The van der Waals surface area contributed by atoms with Crippen LogP contribution in [0.4, 0.5) is 11.4 Å². The summed E-state index contributed by atoms with van der Waals surface area (Å²) in [6.07, 6.45) is 0.817. The van der Waals surface area contributed by atoms with Gasteiger partial charge in [-0.05, 0) is 78.6 Å². The number of tetrazole rings is 1. The molecule has 0 unspecified atom stereocenters. The Morgan fingerprint density at radius 1 is 1.00 bits per heavy atom. The van der Waals surface area contributed by atoms with Crippen molar-refractivity contribution in [2.24, 2.45) is 7.05 Å². The molecular weight excluding hydrogens is 424 g/mol. The van der Waals surface area contributed by atoms with E-state index in [2.05, 4.69) is 77.0 Å². The van der Waals surface area contributed by atoms with Crippen LogP contribution < -0.4 is 10.2 Å². The minimum Gasteiger partial charge on any atom is -0.378 e. The summed E-state index contributed by atoms with van der Waals surface area (Å²) in [5.41, 5.74) is 7.58. The minimum atomic E-state index is 0.0660. The number of carbonyl (C=O) groups excluding carboxylic acids is 1. The fourth-order valence-corrected chi connectivity index (χ4v) is 4.80. The number of hydrogen-bond acceptors (Lipinski definition) is 5. The smallest absolute Gasteiger partial charge is 0.224 e. The van der Waals surface area contributed by atoms with Crippen LogP contribution in [0.15, 0.2) is 66.7 Å². The van der Waals surface area contributed by atoms with E-state index in [0.717, 1.165) is 34.5 Å². The van der Waals surface area contributed by atoms with E-state index in [4.69, 9.17) is 0 Å². The molecule has 2 atom stereocenters. The summed E-state index contributed by atoms with van der Waals surface area (Å²) in [5, 5.41) is 16.0. The SMILES string of the molecule is CC(=O)N1c2ccc(-c3cccc(C)c3)cc2[C@H](Nc2ccc(-c3nnn(C)n3)cc2)C[C@@H]1C. The van der Waals surface area contributed by atoms with Crippen LogP contribution in [0, 0.1) is 6.92 Å². The van der Waals surface area contributed by atoms with Crippen molar-refractivity contribution in [3.8, 4) is 22.5 Å². The first-order valence-corrected chi connectivity index (χ1v) is 11.5. The van der Waals surface area contributed by atoms with Crippen molar-refractivity contribution in [2.45, 2.75) is 39.3 Å². The number of rotatable bonds is 4. The molecule has 0 fully saturated rings. The molecule has 3 aromatic carbocycles. The summed E-state index contributed by atoms with van der Waals surface area (Å²) in [6.45, 7) is 5.85. The van der Waals surface area contributed by atoms with Gasteiger partial charge in [-0.2, -0.15) is 4.80 Å². The Morgan fingerprint density at radius 3 is 2.41 bits per heavy atom. The maximum atomic E-state index is 12.5. The number of fused-ring (bicyclic) bond motifs is 1. The lowest BCUT2D eigenvalue weighted by Crippen LogP contribution is -2.43. The van der Waals surface area contributed by atoms with Crippen molar-refractivity contribution in [2.75, 3.05) is 10.2 Å². The lowest BCUT2D eigenvalue weighted by atomic mass is 9.88. The molecule has 1 aliphatic heterocycles. The van der Waals surface area contributed by atoms with E-state index in [0.29, 0.717) is 5.82 Å². The fraction of sp³-hybridized carbons (Fsp3) is 0.259. The van der Waals surface area contributed by atoms with Gasteiger partial charge in [0, 0.05) is 29.9 Å². The molecular formula is C27H28N6O. The average Bonchev–Trinajstić information content (AvgIpc) is 3.25. The van der Waals surface area contributed by atoms with Crippen LogP contribution in [0.3, 0.4) is 0 Å². The van der Waals surface area contributed by atoms with Crippen LogP contribution in [0.1, 0.15) is 37.4 Å². The highest BCUT2D eigenvalue weighted by Gasteiger charge is 2.32. The lowest BCUT2D eigenvalue weighted by molar-refractivity contribution is -0.117. The summed E-state index contributed by atoms with van der Waals surface area (Å²) >= 11 is 0. The number of aryl methyl sites for hydroxylation is 2. The average molecular weight is 453 g/mol. The molecule has 1 aliphatic rings. The molecule has 0 bridgehead atoms. The van der Waals surface area contributed by atoms with Gasteiger partial charge in [-0.3, -0.25) is 4.79 Å². The monoisotopic (exact) mass is 452 g/mol. The van der Waals surface area contributed by atoms with E-state index < -0.39 is 0 Å². The van der Waals surface area contributed by atoms with Crippen molar-refractivity contribution in [1.82, 2.24) is 20.2 Å². The van der Waals surface area contributed by atoms with Crippen molar-refractivity contribution in [1.29, 1.82) is 0 Å². The first-order chi connectivity index (χ1) is 16.4. The summed E-state index contributed by atoms with van der Waals surface area (Å²) in [6, 6.07) is 23.2. The molecule has 0 saturated carbocycles. The van der Waals surface area contributed by atoms with Gasteiger partial charge in [0.05, 0.1) is 13.1 Å². The molecule has 0 radical (unpaired) electrons. The van der Waals surface area contributed by atoms with E-state index in [1.807, 2.05) is 29.2 Å². The van der Waals surface area contributed by atoms with Gasteiger partial charge in [0.25, 0.3) is 0 Å². The largest absolute Gasteiger partial charge is 0.378 e. The molecule has 7 nitrogen and oxygen atoms in total. The quantitative estimate of drug-likeness (QED) is 0.463. The number of amides is 1. The zero-order valence-corrected chi connectivity index (χ0v) is 19.9. The zero-order valence-electron chi connectivity index (χ0n) is 19.9. The first kappa shape index (κ1) is 21.8. The number of benzene rings is 3. The standard InChI is InChI=1S/C27H28N6O/c1-17-6-5-7-21(14-17)22-10-13-26-24(16-22)25(15-18(2)33(26)19(3)34)28-23-11-8-20(9-12-23)27-29-31-32(4)30-27/h5-14,16,18,25,28H,15H2,1-4H3/t18-,25+/m0/s1. The molecule has 4 aromatic rings. The van der Waals surface area contributed by atoms with E-state index in [1.54, 1.807) is 14.0 Å². The molecule has 0 saturated heterocycles. The summed E-state index contributed by atoms with van der Waals surface area (Å²) in [7, 11) is 1.75. The second kappa shape index (κ2) is 8.74. The second-order valence-corrected chi connectivity index (χ2v) is 8.99. The number of nitrogens with one attached hydrogen (secondary N) is 1. The maximum absolute atomic E-state index is 12.5. The topological polar surface area (TPSA) is 75.9 Å². The van der Waals surface area contributed by atoms with Gasteiger partial charge in [0.2, 0.25) is 11.7 Å². The maximum Gasteiger partial charge on any atom is 0.224 e. The minimum absolute atomic E-state index is 0.0660. The lowest BCUT2D eigenvalue weighted by Gasteiger charge is -2.39. The van der Waals surface area contributed by atoms with Crippen LogP contribution >= 0.6 is 0 Å². The van der Waals surface area contributed by atoms with Gasteiger partial charge in [0.1, 0.15) is 0 Å². The normalized spacial score (nSPS) is 17.4. The predicted molar refractivity (Wildman–Crippen MR) is 134 cm³/mol. The van der Waals surface area contributed by atoms with E-state index in [1.165, 1.54) is 15.9 Å². The molecule has 34 heavy (non-hydrogen) atoms. The molecule has 1 aromatic heterocycles. The predicted octanol–water partition coefficient (Wildman–Crippen LogP) is 5.15. The molecule has 5 rings (SSSR count).